The first-order chi connectivity index (χ1) is 17.8. The van der Waals surface area contributed by atoms with Crippen molar-refractivity contribution in [1.82, 2.24) is 5.32 Å². The van der Waals surface area contributed by atoms with E-state index in [1.807, 2.05) is 0 Å². The molecule has 2 amide bonds. The van der Waals surface area contributed by atoms with Crippen molar-refractivity contribution in [3.63, 3.8) is 0 Å². The Bertz CT molecular complexity index is 1070. The molecule has 0 aromatic rings. The molecule has 38 heavy (non-hydrogen) atoms. The number of carboxylic acids is 1. The minimum Gasteiger partial charge on any atom is -0.480 e. The third-order valence-electron chi connectivity index (χ3n) is 10.4. The van der Waals surface area contributed by atoms with Crippen molar-refractivity contribution in [2.45, 2.75) is 96.6 Å². The van der Waals surface area contributed by atoms with Crippen LogP contribution in [0.1, 0.15) is 85.0 Å². The van der Waals surface area contributed by atoms with Gasteiger partial charge in [0.25, 0.3) is 5.91 Å². The van der Waals surface area contributed by atoms with Gasteiger partial charge in [-0.25, -0.2) is 4.79 Å². The molecule has 4 rings (SSSR count). The van der Waals surface area contributed by atoms with Crippen LogP contribution in [0.5, 0.6) is 0 Å². The van der Waals surface area contributed by atoms with Crippen LogP contribution >= 0.6 is 0 Å². The lowest BCUT2D eigenvalue weighted by atomic mass is 9.46. The lowest BCUT2D eigenvalue weighted by Crippen LogP contribution is -2.57. The predicted octanol–water partition coefficient (Wildman–Crippen LogP) is 2.48. The van der Waals surface area contributed by atoms with E-state index in [0.717, 1.165) is 44.2 Å². The number of hydrogen-bond acceptors (Lipinski definition) is 7. The third kappa shape index (κ3) is 4.87. The standard InChI is InChI=1S/C28H41N3O7/c1-16(32)28(37)13-10-21-19-5-4-17-14-18(8-11-26(17,2)20(19)9-12-27(21,28)3)31-38-15-24(34)30-22(25(35)36)6-7-23(29)33/h14,19-22,37H,4-13,15H2,1-3H3,(H2,29,33)(H,30,34)(H,35,36)/b31-18-/t19-,20+,21+,22-,26-,27-,28-/m0/s1. The zero-order valence-corrected chi connectivity index (χ0v) is 22.6. The number of nitrogens with two attached hydrogens (primary N) is 1. The van der Waals surface area contributed by atoms with Crippen molar-refractivity contribution in [3.05, 3.63) is 11.6 Å². The largest absolute Gasteiger partial charge is 0.480 e. The van der Waals surface area contributed by atoms with Gasteiger partial charge in [-0.15, -0.1) is 0 Å². The van der Waals surface area contributed by atoms with Crippen LogP contribution in [-0.4, -0.2) is 57.7 Å². The molecule has 10 nitrogen and oxygen atoms in total. The fourth-order valence-corrected chi connectivity index (χ4v) is 8.19. The van der Waals surface area contributed by atoms with Gasteiger partial charge in [-0.3, -0.25) is 14.4 Å². The molecule has 0 heterocycles. The summed E-state index contributed by atoms with van der Waals surface area (Å²) in [5, 5.41) is 27.0. The highest BCUT2D eigenvalue weighted by atomic mass is 16.6. The maximum absolute atomic E-state index is 12.4. The molecule has 3 fully saturated rings. The second-order valence-corrected chi connectivity index (χ2v) is 12.2. The molecular weight excluding hydrogens is 490 g/mol. The van der Waals surface area contributed by atoms with Gasteiger partial charge in [0, 0.05) is 11.8 Å². The van der Waals surface area contributed by atoms with Crippen LogP contribution in [0.25, 0.3) is 0 Å². The SMILES string of the molecule is CC(=O)[C@@]1(O)CC[C@@H]2[C@H]3CCC4=C/C(=N\OCC(=O)N[C@@H](CCC(N)=O)C(=O)O)CC[C@]4(C)[C@@H]3CC[C@@]21C. The second kappa shape index (κ2) is 10.4. The number of ketones is 1. The van der Waals surface area contributed by atoms with Gasteiger partial charge in [-0.05, 0) is 94.0 Å². The van der Waals surface area contributed by atoms with Crippen LogP contribution in [0, 0.1) is 28.6 Å². The molecule has 4 aliphatic carbocycles. The third-order valence-corrected chi connectivity index (χ3v) is 10.4. The number of carbonyl (C=O) groups excluding carboxylic acids is 3. The highest BCUT2D eigenvalue weighted by molar-refractivity contribution is 5.96. The van der Waals surface area contributed by atoms with E-state index in [-0.39, 0.29) is 29.5 Å². The second-order valence-electron chi connectivity index (χ2n) is 12.2. The molecule has 0 aliphatic heterocycles. The average molecular weight is 532 g/mol. The monoisotopic (exact) mass is 531 g/mol. The van der Waals surface area contributed by atoms with E-state index in [0.29, 0.717) is 30.6 Å². The molecule has 4 aliphatic rings. The lowest BCUT2D eigenvalue weighted by Gasteiger charge is -2.59. The number of fused-ring (bicyclic) bond motifs is 5. The van der Waals surface area contributed by atoms with Gasteiger partial charge in [-0.2, -0.15) is 0 Å². The van der Waals surface area contributed by atoms with Crippen LogP contribution in [0.2, 0.25) is 0 Å². The van der Waals surface area contributed by atoms with E-state index in [2.05, 4.69) is 30.4 Å². The number of oxime groups is 1. The van der Waals surface area contributed by atoms with Crippen molar-refractivity contribution in [3.8, 4) is 0 Å². The van der Waals surface area contributed by atoms with Gasteiger partial charge < -0.3 is 26.1 Å². The molecule has 0 saturated heterocycles. The van der Waals surface area contributed by atoms with Crippen molar-refractivity contribution >= 4 is 29.3 Å². The Hall–Kier alpha value is -2.75. The predicted molar refractivity (Wildman–Crippen MR) is 139 cm³/mol. The fourth-order valence-electron chi connectivity index (χ4n) is 8.19. The summed E-state index contributed by atoms with van der Waals surface area (Å²) in [7, 11) is 0. The van der Waals surface area contributed by atoms with Crippen molar-refractivity contribution in [2.75, 3.05) is 6.61 Å². The minimum atomic E-state index is -1.25. The number of rotatable bonds is 9. The molecule has 7 atom stereocenters. The number of nitrogens with one attached hydrogen (secondary N) is 1. The molecule has 0 aromatic heterocycles. The molecule has 210 valence electrons. The first kappa shape index (κ1) is 28.3. The zero-order chi connectivity index (χ0) is 27.9. The van der Waals surface area contributed by atoms with Gasteiger partial charge in [0.1, 0.15) is 11.6 Å². The van der Waals surface area contributed by atoms with E-state index in [1.54, 1.807) is 0 Å². The topological polar surface area (TPSA) is 168 Å². The Morgan fingerprint density at radius 1 is 1.13 bits per heavy atom. The Kier molecular flexibility index (Phi) is 7.76. The van der Waals surface area contributed by atoms with Crippen LogP contribution in [-0.2, 0) is 24.0 Å². The number of amides is 2. The van der Waals surface area contributed by atoms with Crippen molar-refractivity contribution in [2.24, 2.45) is 39.5 Å². The summed E-state index contributed by atoms with van der Waals surface area (Å²) in [5.41, 5.74) is 5.64. The van der Waals surface area contributed by atoms with Crippen LogP contribution in [0.3, 0.4) is 0 Å². The smallest absolute Gasteiger partial charge is 0.326 e. The molecule has 0 unspecified atom stereocenters. The number of nitrogens with zero attached hydrogens (tertiary/aromatic N) is 1. The number of aliphatic hydroxyl groups is 1. The zero-order valence-electron chi connectivity index (χ0n) is 22.6. The summed E-state index contributed by atoms with van der Waals surface area (Å²) in [6.07, 6.45) is 8.75. The number of Topliss-reactive ketones (excluding diaryl/α,β-unsaturated/α-hetero) is 1. The molecule has 0 spiro atoms. The molecule has 5 N–H and O–H groups in total. The van der Waals surface area contributed by atoms with E-state index in [4.69, 9.17) is 10.6 Å². The highest BCUT2D eigenvalue weighted by Gasteiger charge is 2.65. The average Bonchev–Trinajstić information content (AvgIpc) is 3.13. The summed E-state index contributed by atoms with van der Waals surface area (Å²) in [4.78, 5) is 52.1. The lowest BCUT2D eigenvalue weighted by molar-refractivity contribution is -0.159. The first-order valence-corrected chi connectivity index (χ1v) is 13.8. The molecule has 3 saturated carbocycles. The maximum atomic E-state index is 12.4. The van der Waals surface area contributed by atoms with Gasteiger partial charge in [-0.1, -0.05) is 24.6 Å². The Balaban J connectivity index is 1.38. The molecule has 0 bridgehead atoms. The summed E-state index contributed by atoms with van der Waals surface area (Å²) in [5.74, 6) is -1.28. The van der Waals surface area contributed by atoms with E-state index < -0.39 is 36.0 Å². The minimum absolute atomic E-state index is 0.0344. The van der Waals surface area contributed by atoms with E-state index in [9.17, 15) is 29.4 Å². The van der Waals surface area contributed by atoms with E-state index in [1.165, 1.54) is 12.5 Å². The fraction of sp³-hybridized carbons (Fsp3) is 0.750. The molecule has 0 radical (unpaired) electrons. The van der Waals surface area contributed by atoms with Crippen LogP contribution in [0.4, 0.5) is 0 Å². The van der Waals surface area contributed by atoms with Gasteiger partial charge in [0.2, 0.25) is 5.91 Å². The highest BCUT2D eigenvalue weighted by Crippen LogP contribution is 2.67. The summed E-state index contributed by atoms with van der Waals surface area (Å²) in [6, 6.07) is -1.22. The first-order valence-electron chi connectivity index (χ1n) is 13.8. The summed E-state index contributed by atoms with van der Waals surface area (Å²) in [6.45, 7) is 5.58. The van der Waals surface area contributed by atoms with Gasteiger partial charge in [0.15, 0.2) is 12.4 Å². The number of carboxylic acid groups (broad SMARTS) is 1. The summed E-state index contributed by atoms with van der Waals surface area (Å²) >= 11 is 0. The molecular formula is C28H41N3O7. The van der Waals surface area contributed by atoms with Gasteiger partial charge >= 0.3 is 5.97 Å². The Morgan fingerprint density at radius 2 is 1.84 bits per heavy atom. The van der Waals surface area contributed by atoms with E-state index >= 15 is 0 Å². The number of aliphatic carboxylic acids is 1. The number of hydrogen-bond donors (Lipinski definition) is 4. The van der Waals surface area contributed by atoms with Crippen molar-refractivity contribution < 1.29 is 34.2 Å². The van der Waals surface area contributed by atoms with Gasteiger partial charge in [0.05, 0.1) is 5.71 Å². The van der Waals surface area contributed by atoms with Crippen LogP contribution in [0.15, 0.2) is 16.8 Å². The number of primary amides is 1. The maximum Gasteiger partial charge on any atom is 0.326 e. The Morgan fingerprint density at radius 3 is 2.50 bits per heavy atom. The number of carbonyl (C=O) groups is 4. The Labute approximate surface area is 223 Å². The molecule has 10 heteroatoms. The molecule has 0 aromatic carbocycles. The van der Waals surface area contributed by atoms with Crippen LogP contribution < -0.4 is 11.1 Å². The number of allylic oxidation sites excluding steroid dienone is 2. The van der Waals surface area contributed by atoms with Crippen molar-refractivity contribution in [1.29, 1.82) is 0 Å². The quantitative estimate of drug-likeness (QED) is 0.331. The summed E-state index contributed by atoms with van der Waals surface area (Å²) < 4.78 is 0. The normalized spacial score (nSPS) is 37.7.